The summed E-state index contributed by atoms with van der Waals surface area (Å²) in [6.45, 7) is 18.0. The highest BCUT2D eigenvalue weighted by molar-refractivity contribution is 5.78. The molecule has 178 valence electrons. The Kier molecular flexibility index (Phi) is 7.48. The highest BCUT2D eigenvalue weighted by atomic mass is 16.6. The van der Waals surface area contributed by atoms with Crippen molar-refractivity contribution < 1.29 is 19.1 Å². The van der Waals surface area contributed by atoms with E-state index in [-0.39, 0.29) is 41.6 Å². The molecule has 8 nitrogen and oxygen atoms in total. The summed E-state index contributed by atoms with van der Waals surface area (Å²) in [7, 11) is 1.74. The van der Waals surface area contributed by atoms with Gasteiger partial charge in [-0.25, -0.2) is 0 Å². The van der Waals surface area contributed by atoms with E-state index < -0.39 is 0 Å². The first-order valence-corrected chi connectivity index (χ1v) is 11.7. The molecule has 3 saturated heterocycles. The minimum atomic E-state index is -0.161. The summed E-state index contributed by atoms with van der Waals surface area (Å²) in [4.78, 5) is 33.3. The predicted molar refractivity (Wildman–Crippen MR) is 120 cm³/mol. The summed E-state index contributed by atoms with van der Waals surface area (Å²) in [5.74, 6) is -0.103. The zero-order valence-electron chi connectivity index (χ0n) is 20.5. The van der Waals surface area contributed by atoms with Crippen LogP contribution >= 0.6 is 0 Å². The highest BCUT2D eigenvalue weighted by Gasteiger charge is 2.46. The second-order valence-corrected chi connectivity index (χ2v) is 10.8. The Morgan fingerprint density at radius 3 is 2.39 bits per heavy atom. The molecule has 0 radical (unpaired) electrons. The molecule has 0 saturated carbocycles. The van der Waals surface area contributed by atoms with Crippen LogP contribution in [0, 0.1) is 0 Å². The van der Waals surface area contributed by atoms with Gasteiger partial charge in [-0.1, -0.05) is 0 Å². The van der Waals surface area contributed by atoms with Gasteiger partial charge in [-0.2, -0.15) is 0 Å². The van der Waals surface area contributed by atoms with Gasteiger partial charge in [-0.05, 0) is 54.4 Å². The largest absolute Gasteiger partial charge is 0.445 e. The molecule has 31 heavy (non-hydrogen) atoms. The molecule has 2 unspecified atom stereocenters. The van der Waals surface area contributed by atoms with E-state index in [2.05, 4.69) is 54.2 Å². The molecule has 8 heteroatoms. The van der Waals surface area contributed by atoms with Gasteiger partial charge in [0.05, 0.1) is 6.04 Å². The molecule has 3 aliphatic heterocycles. The van der Waals surface area contributed by atoms with Crippen molar-refractivity contribution in [2.24, 2.45) is 0 Å². The average Bonchev–Trinajstić information content (AvgIpc) is 3.01. The van der Waals surface area contributed by atoms with Gasteiger partial charge in [0.2, 0.25) is 0 Å². The number of hydrogen-bond donors (Lipinski definition) is 0. The highest BCUT2D eigenvalue weighted by Crippen LogP contribution is 2.30. The summed E-state index contributed by atoms with van der Waals surface area (Å²) < 4.78 is 11.3. The number of carbonyl (C=O) groups is 2. The van der Waals surface area contributed by atoms with Crippen molar-refractivity contribution in [2.75, 3.05) is 46.4 Å². The van der Waals surface area contributed by atoms with Gasteiger partial charge >= 0.3 is 5.97 Å². The Morgan fingerprint density at radius 1 is 1.10 bits per heavy atom. The van der Waals surface area contributed by atoms with Gasteiger partial charge in [-0.3, -0.25) is 24.4 Å². The SMILES string of the molecule is COC(CCC(C)(C)N1CCN2C(C)OC(=O)[C@H]2C1)N1CCN(C(C)(C)C)C[C@H]1C=O. The van der Waals surface area contributed by atoms with Crippen LogP contribution in [0.2, 0.25) is 0 Å². The molecular weight excluding hydrogens is 396 g/mol. The van der Waals surface area contributed by atoms with E-state index in [0.717, 1.165) is 51.9 Å². The molecule has 0 bridgehead atoms. The molecule has 0 N–H and O–H groups in total. The standard InChI is InChI=1S/C23H42N4O4/c1-17-26-12-11-25(15-19(26)21(29)31-17)23(5,6)9-8-20(30-7)27-13-10-24(22(2,3)4)14-18(27)16-28/h16-20H,8-15H2,1-7H3/t17?,18-,19+,20?/m0/s1. The van der Waals surface area contributed by atoms with Crippen molar-refractivity contribution in [3.05, 3.63) is 0 Å². The first-order valence-electron chi connectivity index (χ1n) is 11.7. The number of carbonyl (C=O) groups excluding carboxylic acids is 2. The lowest BCUT2D eigenvalue weighted by Gasteiger charge is -2.48. The number of rotatable bonds is 7. The molecule has 0 aromatic heterocycles. The van der Waals surface area contributed by atoms with E-state index in [1.54, 1.807) is 7.11 Å². The third-order valence-electron chi connectivity index (χ3n) is 7.52. The van der Waals surface area contributed by atoms with Crippen molar-refractivity contribution in [2.45, 2.75) is 90.0 Å². The van der Waals surface area contributed by atoms with Crippen LogP contribution in [0.5, 0.6) is 0 Å². The van der Waals surface area contributed by atoms with E-state index in [1.165, 1.54) is 0 Å². The van der Waals surface area contributed by atoms with Crippen molar-refractivity contribution in [1.29, 1.82) is 0 Å². The smallest absolute Gasteiger partial charge is 0.326 e. The summed E-state index contributed by atoms with van der Waals surface area (Å²) in [5.41, 5.74) is -0.0160. The fourth-order valence-electron chi connectivity index (χ4n) is 5.27. The lowest BCUT2D eigenvalue weighted by atomic mass is 9.92. The third kappa shape index (κ3) is 5.30. The van der Waals surface area contributed by atoms with Gasteiger partial charge in [-0.15, -0.1) is 0 Å². The molecule has 4 atom stereocenters. The number of hydrogen-bond acceptors (Lipinski definition) is 8. The zero-order chi connectivity index (χ0) is 23.0. The van der Waals surface area contributed by atoms with E-state index in [0.29, 0.717) is 6.54 Å². The van der Waals surface area contributed by atoms with Gasteiger partial charge in [0.15, 0.2) is 6.23 Å². The van der Waals surface area contributed by atoms with Crippen LogP contribution in [0.25, 0.3) is 0 Å². The number of methoxy groups -OCH3 is 1. The van der Waals surface area contributed by atoms with E-state index in [9.17, 15) is 9.59 Å². The van der Waals surface area contributed by atoms with E-state index in [1.807, 2.05) is 6.92 Å². The third-order valence-corrected chi connectivity index (χ3v) is 7.52. The summed E-state index contributed by atoms with van der Waals surface area (Å²) in [5, 5.41) is 0. The molecule has 0 aromatic rings. The number of fused-ring (bicyclic) bond motifs is 1. The van der Waals surface area contributed by atoms with Crippen molar-refractivity contribution in [3.63, 3.8) is 0 Å². The van der Waals surface area contributed by atoms with E-state index >= 15 is 0 Å². The quantitative estimate of drug-likeness (QED) is 0.437. The molecule has 3 aliphatic rings. The van der Waals surface area contributed by atoms with Crippen LogP contribution in [0.1, 0.15) is 54.4 Å². The second-order valence-electron chi connectivity index (χ2n) is 10.8. The molecule has 3 fully saturated rings. The van der Waals surface area contributed by atoms with Crippen LogP contribution < -0.4 is 0 Å². The molecule has 3 rings (SSSR count). The molecule has 0 aliphatic carbocycles. The van der Waals surface area contributed by atoms with E-state index in [4.69, 9.17) is 9.47 Å². The fourth-order valence-corrected chi connectivity index (χ4v) is 5.27. The Labute approximate surface area is 187 Å². The number of piperazine rings is 2. The second kappa shape index (κ2) is 9.43. The first kappa shape index (κ1) is 24.6. The van der Waals surface area contributed by atoms with Crippen LogP contribution in [-0.2, 0) is 19.1 Å². The molecular formula is C23H42N4O4. The van der Waals surface area contributed by atoms with Crippen LogP contribution in [0.3, 0.4) is 0 Å². The molecule has 3 heterocycles. The lowest BCUT2D eigenvalue weighted by molar-refractivity contribution is -0.142. The number of ether oxygens (including phenoxy) is 2. The molecule has 0 amide bonds. The Hall–Kier alpha value is -1.06. The summed E-state index contributed by atoms with van der Waals surface area (Å²) in [6, 6.07) is -0.314. The molecule has 0 aromatic carbocycles. The normalized spacial score (nSPS) is 30.8. The Balaban J connectivity index is 1.59. The Morgan fingerprint density at radius 2 is 1.77 bits per heavy atom. The first-order chi connectivity index (χ1) is 14.5. The van der Waals surface area contributed by atoms with Gasteiger partial charge in [0.1, 0.15) is 18.6 Å². The molecule has 0 spiro atoms. The van der Waals surface area contributed by atoms with Crippen molar-refractivity contribution in [3.8, 4) is 0 Å². The summed E-state index contributed by atoms with van der Waals surface area (Å²) in [6.07, 6.45) is 2.63. The fraction of sp³-hybridized carbons (Fsp3) is 0.913. The minimum absolute atomic E-state index is 0.0545. The minimum Gasteiger partial charge on any atom is -0.445 e. The maximum absolute atomic E-state index is 12.2. The lowest BCUT2D eigenvalue weighted by Crippen LogP contribution is -2.62. The van der Waals surface area contributed by atoms with Crippen LogP contribution in [0.15, 0.2) is 0 Å². The number of aldehydes is 1. The monoisotopic (exact) mass is 438 g/mol. The van der Waals surface area contributed by atoms with Crippen molar-refractivity contribution >= 4 is 12.3 Å². The Bertz CT molecular complexity index is 650. The number of nitrogens with zero attached hydrogens (tertiary/aromatic N) is 4. The average molecular weight is 439 g/mol. The topological polar surface area (TPSA) is 65.6 Å². The van der Waals surface area contributed by atoms with Crippen LogP contribution in [-0.4, -0.2) is 114 Å². The van der Waals surface area contributed by atoms with Gasteiger partial charge < -0.3 is 14.3 Å². The van der Waals surface area contributed by atoms with Gasteiger partial charge in [0.25, 0.3) is 0 Å². The number of esters is 1. The maximum atomic E-state index is 12.2. The maximum Gasteiger partial charge on any atom is 0.326 e. The zero-order valence-corrected chi connectivity index (χ0v) is 20.5. The van der Waals surface area contributed by atoms with Crippen molar-refractivity contribution in [1.82, 2.24) is 19.6 Å². The summed E-state index contributed by atoms with van der Waals surface area (Å²) >= 11 is 0. The number of cyclic esters (lactones) is 1. The van der Waals surface area contributed by atoms with Crippen LogP contribution in [0.4, 0.5) is 0 Å². The van der Waals surface area contributed by atoms with Gasteiger partial charge in [0, 0.05) is 57.5 Å². The predicted octanol–water partition coefficient (Wildman–Crippen LogP) is 1.39.